The van der Waals surface area contributed by atoms with Crippen molar-refractivity contribution in [3.8, 4) is 0 Å². The van der Waals surface area contributed by atoms with E-state index in [9.17, 15) is 4.79 Å². The third-order valence-corrected chi connectivity index (χ3v) is 2.41. The average molecular weight is 230 g/mol. The molecule has 0 bridgehead atoms. The van der Waals surface area contributed by atoms with Crippen molar-refractivity contribution in [3.05, 3.63) is 16.6 Å². The van der Waals surface area contributed by atoms with Gasteiger partial charge in [0.05, 0.1) is 24.9 Å². The normalized spacial score (nSPS) is 10.2. The molecule has 0 aliphatic rings. The van der Waals surface area contributed by atoms with Crippen molar-refractivity contribution in [1.82, 2.24) is 10.3 Å². The minimum absolute atomic E-state index is 0.0349. The first kappa shape index (κ1) is 12.1. The Bertz CT molecular complexity index is 277. The minimum Gasteiger partial charge on any atom is -0.394 e. The monoisotopic (exact) mass is 230 g/mol. The minimum atomic E-state index is -0.0975. The number of hydrogen-bond acceptors (Lipinski definition) is 5. The number of thiazole rings is 1. The van der Waals surface area contributed by atoms with Crippen molar-refractivity contribution in [1.29, 1.82) is 0 Å². The van der Waals surface area contributed by atoms with Crippen LogP contribution >= 0.6 is 11.3 Å². The number of nitrogens with zero attached hydrogens (tertiary/aromatic N) is 1. The molecule has 0 saturated heterocycles. The van der Waals surface area contributed by atoms with E-state index in [-0.39, 0.29) is 12.5 Å². The fourth-order valence-electron chi connectivity index (χ4n) is 0.958. The van der Waals surface area contributed by atoms with Crippen LogP contribution in [-0.4, -0.2) is 42.4 Å². The zero-order chi connectivity index (χ0) is 10.9. The summed E-state index contributed by atoms with van der Waals surface area (Å²) in [6.45, 7) is 1.50. The summed E-state index contributed by atoms with van der Waals surface area (Å²) in [6, 6.07) is 0. The molecule has 0 spiro atoms. The molecule has 0 aliphatic heterocycles. The Hall–Kier alpha value is -0.980. The van der Waals surface area contributed by atoms with Crippen LogP contribution < -0.4 is 5.32 Å². The molecule has 0 atom stereocenters. The summed E-state index contributed by atoms with van der Waals surface area (Å²) in [6.07, 6.45) is 2.28. The summed E-state index contributed by atoms with van der Waals surface area (Å²) in [5.41, 5.74) is 1.62. The van der Waals surface area contributed by atoms with E-state index in [0.717, 1.165) is 6.42 Å². The topological polar surface area (TPSA) is 71.5 Å². The van der Waals surface area contributed by atoms with Gasteiger partial charge < -0.3 is 15.2 Å². The second kappa shape index (κ2) is 7.33. The summed E-state index contributed by atoms with van der Waals surface area (Å²) < 4.78 is 5.04. The highest BCUT2D eigenvalue weighted by molar-refractivity contribution is 7.11. The van der Waals surface area contributed by atoms with Crippen molar-refractivity contribution in [2.45, 2.75) is 6.42 Å². The summed E-state index contributed by atoms with van der Waals surface area (Å²) in [5, 5.41) is 11.2. The summed E-state index contributed by atoms with van der Waals surface area (Å²) >= 11 is 1.32. The Morgan fingerprint density at radius 1 is 1.60 bits per heavy atom. The molecule has 1 aromatic heterocycles. The highest BCUT2D eigenvalue weighted by atomic mass is 32.1. The first-order valence-electron chi connectivity index (χ1n) is 4.70. The summed E-state index contributed by atoms with van der Waals surface area (Å²) in [7, 11) is 0. The van der Waals surface area contributed by atoms with Gasteiger partial charge in [-0.05, 0) is 6.42 Å². The second-order valence-corrected chi connectivity index (χ2v) is 3.70. The standard InChI is InChI=1S/C9H14N2O3S/c12-3-5-14-4-1-2-11-9(13)8-6-10-7-15-8/h6-7,12H,1-5H2,(H,11,13). The van der Waals surface area contributed by atoms with Crippen molar-refractivity contribution in [2.24, 2.45) is 0 Å². The lowest BCUT2D eigenvalue weighted by atomic mass is 10.4. The van der Waals surface area contributed by atoms with Gasteiger partial charge in [-0.25, -0.2) is 0 Å². The second-order valence-electron chi connectivity index (χ2n) is 2.81. The van der Waals surface area contributed by atoms with E-state index >= 15 is 0 Å². The van der Waals surface area contributed by atoms with Gasteiger partial charge in [0.25, 0.3) is 5.91 Å². The zero-order valence-electron chi connectivity index (χ0n) is 8.31. The fraction of sp³-hybridized carbons (Fsp3) is 0.556. The number of rotatable bonds is 7. The Morgan fingerprint density at radius 3 is 3.13 bits per heavy atom. The van der Waals surface area contributed by atoms with E-state index in [1.807, 2.05) is 0 Å². The quantitative estimate of drug-likeness (QED) is 0.660. The lowest BCUT2D eigenvalue weighted by molar-refractivity contribution is 0.0869. The van der Waals surface area contributed by atoms with Crippen LogP contribution in [0.5, 0.6) is 0 Å². The summed E-state index contributed by atoms with van der Waals surface area (Å²) in [4.78, 5) is 15.8. The van der Waals surface area contributed by atoms with E-state index in [1.54, 1.807) is 11.7 Å². The van der Waals surface area contributed by atoms with E-state index in [4.69, 9.17) is 9.84 Å². The maximum atomic E-state index is 11.4. The molecule has 0 aliphatic carbocycles. The Kier molecular flexibility index (Phi) is 5.91. The van der Waals surface area contributed by atoms with E-state index < -0.39 is 0 Å². The van der Waals surface area contributed by atoms with Gasteiger partial charge in [0.2, 0.25) is 0 Å². The molecule has 5 nitrogen and oxygen atoms in total. The predicted molar refractivity (Wildman–Crippen MR) is 57.0 cm³/mol. The molecular formula is C9H14N2O3S. The van der Waals surface area contributed by atoms with Gasteiger partial charge in [-0.3, -0.25) is 9.78 Å². The molecule has 15 heavy (non-hydrogen) atoms. The summed E-state index contributed by atoms with van der Waals surface area (Å²) in [5.74, 6) is -0.0975. The highest BCUT2D eigenvalue weighted by Gasteiger charge is 2.05. The van der Waals surface area contributed by atoms with E-state index in [1.165, 1.54) is 11.3 Å². The molecule has 0 fully saturated rings. The molecule has 0 saturated carbocycles. The van der Waals surface area contributed by atoms with Crippen molar-refractivity contribution < 1.29 is 14.6 Å². The first-order chi connectivity index (χ1) is 7.34. The van der Waals surface area contributed by atoms with Gasteiger partial charge in [-0.2, -0.15) is 0 Å². The number of aliphatic hydroxyl groups is 1. The van der Waals surface area contributed by atoms with Crippen LogP contribution in [-0.2, 0) is 4.74 Å². The predicted octanol–water partition coefficient (Wildman–Crippen LogP) is 0.272. The Morgan fingerprint density at radius 2 is 2.47 bits per heavy atom. The average Bonchev–Trinajstić information content (AvgIpc) is 2.76. The number of amides is 1. The molecule has 6 heteroatoms. The third-order valence-electron chi connectivity index (χ3n) is 1.64. The number of aromatic nitrogens is 1. The van der Waals surface area contributed by atoms with Crippen molar-refractivity contribution >= 4 is 17.2 Å². The molecule has 84 valence electrons. The van der Waals surface area contributed by atoms with Crippen LogP contribution in [0.2, 0.25) is 0 Å². The lowest BCUT2D eigenvalue weighted by Gasteiger charge is -2.03. The van der Waals surface area contributed by atoms with Gasteiger partial charge in [0.1, 0.15) is 4.88 Å². The van der Waals surface area contributed by atoms with Gasteiger partial charge in [-0.1, -0.05) is 0 Å². The Labute approximate surface area is 92.1 Å². The van der Waals surface area contributed by atoms with Gasteiger partial charge in [0.15, 0.2) is 0 Å². The van der Waals surface area contributed by atoms with Crippen molar-refractivity contribution in [3.63, 3.8) is 0 Å². The van der Waals surface area contributed by atoms with Crippen LogP contribution in [0, 0.1) is 0 Å². The molecular weight excluding hydrogens is 216 g/mol. The van der Waals surface area contributed by atoms with Crippen LogP contribution in [0.15, 0.2) is 11.7 Å². The smallest absolute Gasteiger partial charge is 0.262 e. The Balaban J connectivity index is 2.03. The van der Waals surface area contributed by atoms with E-state index in [0.29, 0.717) is 24.6 Å². The van der Waals surface area contributed by atoms with E-state index in [2.05, 4.69) is 10.3 Å². The number of aliphatic hydroxyl groups excluding tert-OH is 1. The van der Waals surface area contributed by atoms with Gasteiger partial charge in [-0.15, -0.1) is 11.3 Å². The number of carbonyl (C=O) groups excluding carboxylic acids is 1. The molecule has 2 N–H and O–H groups in total. The molecule has 1 heterocycles. The third kappa shape index (κ3) is 4.87. The lowest BCUT2D eigenvalue weighted by Crippen LogP contribution is -2.24. The first-order valence-corrected chi connectivity index (χ1v) is 5.58. The number of ether oxygens (including phenoxy) is 1. The molecule has 1 aromatic rings. The maximum absolute atomic E-state index is 11.4. The SMILES string of the molecule is O=C(NCCCOCCO)c1cncs1. The van der Waals surface area contributed by atoms with Gasteiger partial charge >= 0.3 is 0 Å². The fourth-order valence-corrected chi connectivity index (χ4v) is 1.49. The maximum Gasteiger partial charge on any atom is 0.262 e. The number of carbonyl (C=O) groups is 1. The number of nitrogens with one attached hydrogen (secondary N) is 1. The molecule has 1 rings (SSSR count). The van der Waals surface area contributed by atoms with Gasteiger partial charge in [0, 0.05) is 13.2 Å². The van der Waals surface area contributed by atoms with Crippen LogP contribution in [0.25, 0.3) is 0 Å². The molecule has 0 unspecified atom stereocenters. The molecule has 1 amide bonds. The molecule has 0 radical (unpaired) electrons. The van der Waals surface area contributed by atoms with Crippen LogP contribution in [0.3, 0.4) is 0 Å². The number of hydrogen-bond donors (Lipinski definition) is 2. The zero-order valence-corrected chi connectivity index (χ0v) is 9.13. The van der Waals surface area contributed by atoms with Crippen molar-refractivity contribution in [2.75, 3.05) is 26.4 Å². The van der Waals surface area contributed by atoms with Crippen LogP contribution in [0.1, 0.15) is 16.1 Å². The largest absolute Gasteiger partial charge is 0.394 e. The van der Waals surface area contributed by atoms with Crippen LogP contribution in [0.4, 0.5) is 0 Å². The molecule has 0 aromatic carbocycles. The highest BCUT2D eigenvalue weighted by Crippen LogP contribution is 2.04.